The van der Waals surface area contributed by atoms with Crippen LogP contribution < -0.4 is 5.32 Å². The molecule has 5 nitrogen and oxygen atoms in total. The van der Waals surface area contributed by atoms with Crippen LogP contribution in [0.3, 0.4) is 0 Å². The monoisotopic (exact) mass is 375 g/mol. The second kappa shape index (κ2) is 7.80. The lowest BCUT2D eigenvalue weighted by molar-refractivity contribution is 0.0910. The SMILES string of the molecule is CC(NC(=O)c1ccc(CSc2nccn2C)o1)c1ccc(Cl)cc1. The third kappa shape index (κ3) is 4.46. The lowest BCUT2D eigenvalue weighted by Crippen LogP contribution is -2.26. The van der Waals surface area contributed by atoms with Gasteiger partial charge < -0.3 is 14.3 Å². The standard InChI is InChI=1S/C18H18ClN3O2S/c1-12(13-3-5-14(19)6-4-13)21-17(23)16-8-7-15(24-16)11-25-18-20-9-10-22(18)2/h3-10,12H,11H2,1-2H3,(H,21,23). The highest BCUT2D eigenvalue weighted by Gasteiger charge is 2.15. The van der Waals surface area contributed by atoms with Crippen molar-refractivity contribution < 1.29 is 9.21 Å². The number of benzene rings is 1. The number of hydrogen-bond donors (Lipinski definition) is 1. The number of aromatic nitrogens is 2. The number of carbonyl (C=O) groups is 1. The molecule has 25 heavy (non-hydrogen) atoms. The van der Waals surface area contributed by atoms with E-state index < -0.39 is 0 Å². The Kier molecular flexibility index (Phi) is 5.50. The molecule has 1 N–H and O–H groups in total. The van der Waals surface area contributed by atoms with Crippen LogP contribution in [0, 0.1) is 0 Å². The molecule has 2 heterocycles. The summed E-state index contributed by atoms with van der Waals surface area (Å²) in [4.78, 5) is 16.6. The molecule has 0 spiro atoms. The number of nitrogens with one attached hydrogen (secondary N) is 1. The van der Waals surface area contributed by atoms with Crippen molar-refractivity contribution in [3.05, 3.63) is 70.9 Å². The number of thioether (sulfide) groups is 1. The molecule has 0 radical (unpaired) electrons. The zero-order chi connectivity index (χ0) is 17.8. The van der Waals surface area contributed by atoms with Crippen LogP contribution in [-0.2, 0) is 12.8 Å². The second-order valence-electron chi connectivity index (χ2n) is 5.62. The van der Waals surface area contributed by atoms with E-state index in [1.54, 1.807) is 36.2 Å². The Labute approximate surface area is 155 Å². The predicted molar refractivity (Wildman–Crippen MR) is 98.8 cm³/mol. The highest BCUT2D eigenvalue weighted by molar-refractivity contribution is 7.98. The lowest BCUT2D eigenvalue weighted by Gasteiger charge is -2.13. The van der Waals surface area contributed by atoms with Gasteiger partial charge in [0.25, 0.3) is 5.91 Å². The Hall–Kier alpha value is -2.18. The number of furan rings is 1. The van der Waals surface area contributed by atoms with Crippen molar-refractivity contribution in [3.8, 4) is 0 Å². The first-order valence-electron chi connectivity index (χ1n) is 7.78. The minimum absolute atomic E-state index is 0.139. The van der Waals surface area contributed by atoms with Gasteiger partial charge in [-0.15, -0.1) is 0 Å². The van der Waals surface area contributed by atoms with E-state index in [2.05, 4.69) is 10.3 Å². The summed E-state index contributed by atoms with van der Waals surface area (Å²) in [5.74, 6) is 1.41. The van der Waals surface area contributed by atoms with Crippen LogP contribution in [0.2, 0.25) is 5.02 Å². The van der Waals surface area contributed by atoms with Gasteiger partial charge in [-0.05, 0) is 36.8 Å². The van der Waals surface area contributed by atoms with Crippen molar-refractivity contribution in [1.29, 1.82) is 0 Å². The molecule has 1 atom stereocenters. The summed E-state index contributed by atoms with van der Waals surface area (Å²) < 4.78 is 7.59. The van der Waals surface area contributed by atoms with Gasteiger partial charge in [-0.25, -0.2) is 4.98 Å². The molecule has 0 aliphatic rings. The highest BCUT2D eigenvalue weighted by Crippen LogP contribution is 2.22. The van der Waals surface area contributed by atoms with Crippen LogP contribution in [0.25, 0.3) is 0 Å². The summed E-state index contributed by atoms with van der Waals surface area (Å²) in [5, 5.41) is 4.50. The molecule has 0 saturated heterocycles. The summed E-state index contributed by atoms with van der Waals surface area (Å²) >= 11 is 7.44. The highest BCUT2D eigenvalue weighted by atomic mass is 35.5. The zero-order valence-corrected chi connectivity index (χ0v) is 15.5. The van der Waals surface area contributed by atoms with Crippen LogP contribution in [0.1, 0.15) is 34.8 Å². The number of carbonyl (C=O) groups excluding carboxylic acids is 1. The van der Waals surface area contributed by atoms with E-state index in [1.165, 1.54) is 0 Å². The number of rotatable bonds is 6. The Balaban J connectivity index is 1.58. The van der Waals surface area contributed by atoms with E-state index in [9.17, 15) is 4.79 Å². The van der Waals surface area contributed by atoms with Gasteiger partial charge in [0.05, 0.1) is 11.8 Å². The molecule has 1 aromatic carbocycles. The number of aryl methyl sites for hydroxylation is 1. The number of halogens is 1. The van der Waals surface area contributed by atoms with E-state index >= 15 is 0 Å². The Morgan fingerprint density at radius 2 is 2.08 bits per heavy atom. The first kappa shape index (κ1) is 17.6. The lowest BCUT2D eigenvalue weighted by atomic mass is 10.1. The van der Waals surface area contributed by atoms with Crippen LogP contribution in [-0.4, -0.2) is 15.5 Å². The van der Waals surface area contributed by atoms with E-state index in [-0.39, 0.29) is 11.9 Å². The van der Waals surface area contributed by atoms with Crippen LogP contribution in [0.4, 0.5) is 0 Å². The van der Waals surface area contributed by atoms with Gasteiger partial charge in [-0.1, -0.05) is 35.5 Å². The Morgan fingerprint density at radius 1 is 1.32 bits per heavy atom. The predicted octanol–water partition coefficient (Wildman–Crippen LogP) is 4.45. The topological polar surface area (TPSA) is 60.1 Å². The van der Waals surface area contributed by atoms with Gasteiger partial charge in [-0.2, -0.15) is 0 Å². The molecule has 3 rings (SSSR count). The van der Waals surface area contributed by atoms with Crippen molar-refractivity contribution in [2.24, 2.45) is 7.05 Å². The van der Waals surface area contributed by atoms with E-state index in [0.29, 0.717) is 16.5 Å². The molecule has 1 amide bonds. The molecule has 0 aliphatic heterocycles. The fourth-order valence-electron chi connectivity index (χ4n) is 2.31. The van der Waals surface area contributed by atoms with Gasteiger partial charge in [0.1, 0.15) is 5.76 Å². The molecule has 2 aromatic heterocycles. The maximum Gasteiger partial charge on any atom is 0.287 e. The van der Waals surface area contributed by atoms with Crippen molar-refractivity contribution in [3.63, 3.8) is 0 Å². The maximum absolute atomic E-state index is 12.3. The fourth-order valence-corrected chi connectivity index (χ4v) is 3.26. The largest absolute Gasteiger partial charge is 0.455 e. The summed E-state index contributed by atoms with van der Waals surface area (Å²) in [7, 11) is 1.94. The Morgan fingerprint density at radius 3 is 2.76 bits per heavy atom. The van der Waals surface area contributed by atoms with Gasteiger partial charge in [0.2, 0.25) is 0 Å². The van der Waals surface area contributed by atoms with Crippen molar-refractivity contribution >= 4 is 29.3 Å². The minimum Gasteiger partial charge on any atom is -0.455 e. The molecule has 3 aromatic rings. The summed E-state index contributed by atoms with van der Waals surface area (Å²) in [6, 6.07) is 10.8. The van der Waals surface area contributed by atoms with Gasteiger partial charge >= 0.3 is 0 Å². The second-order valence-corrected chi connectivity index (χ2v) is 7.00. The summed E-state index contributed by atoms with van der Waals surface area (Å²) in [5.41, 5.74) is 0.981. The molecule has 0 saturated carbocycles. The van der Waals surface area contributed by atoms with Crippen LogP contribution in [0.5, 0.6) is 0 Å². The van der Waals surface area contributed by atoms with Crippen LogP contribution in [0.15, 0.2) is 58.4 Å². The molecule has 1 unspecified atom stereocenters. The quantitative estimate of drug-likeness (QED) is 0.646. The zero-order valence-electron chi connectivity index (χ0n) is 13.9. The molecule has 130 valence electrons. The van der Waals surface area contributed by atoms with E-state index in [0.717, 1.165) is 16.5 Å². The normalized spacial score (nSPS) is 12.1. The summed E-state index contributed by atoms with van der Waals surface area (Å²) in [6.07, 6.45) is 3.64. The van der Waals surface area contributed by atoms with Crippen molar-refractivity contribution in [2.75, 3.05) is 0 Å². The molecule has 7 heteroatoms. The maximum atomic E-state index is 12.3. The molecular weight excluding hydrogens is 358 g/mol. The fraction of sp³-hybridized carbons (Fsp3) is 0.222. The smallest absolute Gasteiger partial charge is 0.287 e. The minimum atomic E-state index is -0.240. The third-order valence-electron chi connectivity index (χ3n) is 3.72. The molecule has 0 aliphatic carbocycles. The van der Waals surface area contributed by atoms with E-state index in [1.807, 2.05) is 42.9 Å². The van der Waals surface area contributed by atoms with Crippen LogP contribution >= 0.6 is 23.4 Å². The van der Waals surface area contributed by atoms with Gasteiger partial charge in [0, 0.05) is 24.5 Å². The third-order valence-corrected chi connectivity index (χ3v) is 5.06. The number of hydrogen-bond acceptors (Lipinski definition) is 4. The number of nitrogens with zero attached hydrogens (tertiary/aromatic N) is 2. The summed E-state index contributed by atoms with van der Waals surface area (Å²) in [6.45, 7) is 1.92. The van der Waals surface area contributed by atoms with Gasteiger partial charge in [0.15, 0.2) is 10.9 Å². The Bertz CT molecular complexity index is 857. The first-order chi connectivity index (χ1) is 12.0. The number of amides is 1. The van der Waals surface area contributed by atoms with Crippen molar-refractivity contribution in [2.45, 2.75) is 23.9 Å². The van der Waals surface area contributed by atoms with Gasteiger partial charge in [-0.3, -0.25) is 4.79 Å². The molecule has 0 fully saturated rings. The average molecular weight is 376 g/mol. The van der Waals surface area contributed by atoms with Crippen molar-refractivity contribution in [1.82, 2.24) is 14.9 Å². The molecule has 0 bridgehead atoms. The average Bonchev–Trinajstić information content (AvgIpc) is 3.22. The first-order valence-corrected chi connectivity index (χ1v) is 9.14. The van der Waals surface area contributed by atoms with E-state index in [4.69, 9.17) is 16.0 Å². The number of imidazole rings is 1. The molecular formula is C18H18ClN3O2S.